The maximum Gasteiger partial charge on any atom is 0.433 e. The van der Waals surface area contributed by atoms with Gasteiger partial charge in [0.2, 0.25) is 0 Å². The number of anilines is 1. The Morgan fingerprint density at radius 3 is 2.61 bits per heavy atom. The van der Waals surface area contributed by atoms with Gasteiger partial charge in [-0.3, -0.25) is 9.48 Å². The summed E-state index contributed by atoms with van der Waals surface area (Å²) >= 11 is 12.0. The number of halogens is 5. The molecule has 0 aliphatic heterocycles. The van der Waals surface area contributed by atoms with Gasteiger partial charge >= 0.3 is 6.18 Å². The first-order chi connectivity index (χ1) is 15.7. The van der Waals surface area contributed by atoms with Crippen molar-refractivity contribution in [3.05, 3.63) is 75.4 Å². The third-order valence-electron chi connectivity index (χ3n) is 5.24. The van der Waals surface area contributed by atoms with Crippen LogP contribution < -0.4 is 5.32 Å². The normalized spacial score (nSPS) is 14.1. The Morgan fingerprint density at radius 1 is 1.12 bits per heavy atom. The number of nitrogens with zero attached hydrogens (tertiary/aromatic N) is 5. The van der Waals surface area contributed by atoms with Crippen molar-refractivity contribution < 1.29 is 18.0 Å². The van der Waals surface area contributed by atoms with Gasteiger partial charge in [0.05, 0.1) is 34.7 Å². The lowest BCUT2D eigenvalue weighted by molar-refractivity contribution is -0.142. The number of fused-ring (bicyclic) bond motifs is 1. The monoisotopic (exact) mass is 494 g/mol. The quantitative estimate of drug-likeness (QED) is 0.401. The van der Waals surface area contributed by atoms with Crippen molar-refractivity contribution in [1.82, 2.24) is 24.4 Å². The van der Waals surface area contributed by atoms with E-state index in [1.165, 1.54) is 6.20 Å². The van der Waals surface area contributed by atoms with E-state index in [0.717, 1.165) is 30.7 Å². The van der Waals surface area contributed by atoms with Crippen LogP contribution in [0, 0.1) is 0 Å². The molecule has 170 valence electrons. The van der Waals surface area contributed by atoms with Gasteiger partial charge in [0.25, 0.3) is 5.91 Å². The molecule has 3 aromatic heterocycles. The van der Waals surface area contributed by atoms with Crippen LogP contribution in [0.2, 0.25) is 10.0 Å². The Labute approximate surface area is 195 Å². The summed E-state index contributed by atoms with van der Waals surface area (Å²) in [5.74, 6) is -0.658. The molecule has 3 heterocycles. The van der Waals surface area contributed by atoms with E-state index < -0.39 is 17.8 Å². The predicted molar refractivity (Wildman–Crippen MR) is 116 cm³/mol. The largest absolute Gasteiger partial charge is 0.433 e. The summed E-state index contributed by atoms with van der Waals surface area (Å²) in [6, 6.07) is 6.19. The summed E-state index contributed by atoms with van der Waals surface area (Å²) < 4.78 is 42.9. The number of aromatic nitrogens is 5. The van der Waals surface area contributed by atoms with Crippen molar-refractivity contribution >= 4 is 40.4 Å². The molecule has 1 N–H and O–H groups in total. The van der Waals surface area contributed by atoms with Gasteiger partial charge < -0.3 is 5.32 Å². The van der Waals surface area contributed by atoms with Crippen LogP contribution in [-0.2, 0) is 12.7 Å². The molecule has 7 nitrogen and oxygen atoms in total. The molecule has 0 spiro atoms. The van der Waals surface area contributed by atoms with Gasteiger partial charge in [-0.15, -0.1) is 0 Å². The van der Waals surface area contributed by atoms with E-state index in [1.54, 1.807) is 29.1 Å². The molecular weight excluding hydrogens is 480 g/mol. The third-order valence-corrected chi connectivity index (χ3v) is 5.98. The number of benzene rings is 1. The molecule has 0 saturated heterocycles. The highest BCUT2D eigenvalue weighted by molar-refractivity contribution is 6.42. The molecule has 12 heteroatoms. The van der Waals surface area contributed by atoms with Crippen molar-refractivity contribution in [2.75, 3.05) is 5.32 Å². The summed E-state index contributed by atoms with van der Waals surface area (Å²) in [4.78, 5) is 17.1. The number of hydrogen-bond donors (Lipinski definition) is 1. The number of carbonyl (C=O) groups excluding carboxylic acids is 1. The van der Waals surface area contributed by atoms with Gasteiger partial charge in [-0.05, 0) is 36.6 Å². The maximum absolute atomic E-state index is 13.6. The first-order valence-electron chi connectivity index (χ1n) is 9.92. The van der Waals surface area contributed by atoms with Crippen LogP contribution >= 0.6 is 23.2 Å². The fraction of sp³-hybridized carbons (Fsp3) is 0.238. The second-order valence-electron chi connectivity index (χ2n) is 7.76. The molecule has 1 fully saturated rings. The molecule has 1 saturated carbocycles. The fourth-order valence-electron chi connectivity index (χ4n) is 3.47. The average molecular weight is 495 g/mol. The van der Waals surface area contributed by atoms with Gasteiger partial charge in [-0.1, -0.05) is 29.3 Å². The number of nitrogens with one attached hydrogen (secondary N) is 1. The number of amides is 1. The lowest BCUT2D eigenvalue weighted by Crippen LogP contribution is -2.16. The zero-order valence-corrected chi connectivity index (χ0v) is 18.3. The van der Waals surface area contributed by atoms with Gasteiger partial charge in [-0.25, -0.2) is 9.50 Å². The summed E-state index contributed by atoms with van der Waals surface area (Å²) in [7, 11) is 0. The SMILES string of the molecule is O=C(Nc1cnn(Cc2ccc(Cl)c(Cl)c2)c1)c1cnn2c(C(F)(F)F)cc(C3CC3)nc12. The zero-order valence-electron chi connectivity index (χ0n) is 16.8. The molecule has 1 amide bonds. The Kier molecular flexibility index (Phi) is 5.29. The fourth-order valence-corrected chi connectivity index (χ4v) is 3.79. The molecule has 1 aromatic carbocycles. The molecule has 4 aromatic rings. The van der Waals surface area contributed by atoms with E-state index in [4.69, 9.17) is 23.2 Å². The Balaban J connectivity index is 1.39. The molecule has 0 unspecified atom stereocenters. The summed E-state index contributed by atoms with van der Waals surface area (Å²) in [5, 5.41) is 11.5. The second kappa shape index (κ2) is 8.03. The standard InChI is InChI=1S/C21H15Cl2F3N6O/c22-15-4-1-11(5-16(15)23)9-31-10-13(7-27-31)29-20(33)14-8-28-32-18(21(24,25)26)6-17(12-2-3-12)30-19(14)32/h1,4-8,10,12H,2-3,9H2,(H,29,33). The van der Waals surface area contributed by atoms with Crippen molar-refractivity contribution in [3.8, 4) is 0 Å². The summed E-state index contributed by atoms with van der Waals surface area (Å²) in [5.41, 5.74) is 0.396. The highest BCUT2D eigenvalue weighted by atomic mass is 35.5. The Hall–Kier alpha value is -3.11. The minimum absolute atomic E-state index is 0.0264. The van der Waals surface area contributed by atoms with Gasteiger partial charge in [0, 0.05) is 17.8 Å². The molecule has 0 bridgehead atoms. The van der Waals surface area contributed by atoms with Gasteiger partial charge in [0.1, 0.15) is 11.3 Å². The first kappa shape index (κ1) is 21.7. The highest BCUT2D eigenvalue weighted by Crippen LogP contribution is 2.41. The molecule has 5 rings (SSSR count). The Morgan fingerprint density at radius 2 is 1.91 bits per heavy atom. The minimum atomic E-state index is -4.63. The number of rotatable bonds is 5. The first-order valence-corrected chi connectivity index (χ1v) is 10.7. The van der Waals surface area contributed by atoms with E-state index >= 15 is 0 Å². The minimum Gasteiger partial charge on any atom is -0.319 e. The van der Waals surface area contributed by atoms with Crippen LogP contribution in [0.25, 0.3) is 5.65 Å². The van der Waals surface area contributed by atoms with E-state index in [-0.39, 0.29) is 17.1 Å². The lowest BCUT2D eigenvalue weighted by Gasteiger charge is -2.11. The molecule has 0 atom stereocenters. The molecular formula is C21H15Cl2F3N6O. The van der Waals surface area contributed by atoms with Crippen LogP contribution in [0.1, 0.15) is 46.1 Å². The molecule has 1 aliphatic carbocycles. The van der Waals surface area contributed by atoms with Crippen molar-refractivity contribution in [1.29, 1.82) is 0 Å². The topological polar surface area (TPSA) is 77.1 Å². The highest BCUT2D eigenvalue weighted by Gasteiger charge is 2.38. The van der Waals surface area contributed by atoms with Crippen LogP contribution in [0.15, 0.2) is 42.9 Å². The lowest BCUT2D eigenvalue weighted by atomic mass is 10.2. The van der Waals surface area contributed by atoms with Crippen LogP contribution in [0.5, 0.6) is 0 Å². The number of carbonyl (C=O) groups is 1. The molecule has 0 radical (unpaired) electrons. The van der Waals surface area contributed by atoms with Gasteiger partial charge in [0.15, 0.2) is 5.65 Å². The van der Waals surface area contributed by atoms with Crippen molar-refractivity contribution in [2.24, 2.45) is 0 Å². The summed E-state index contributed by atoms with van der Waals surface area (Å²) in [6.07, 6.45) is 1.03. The van der Waals surface area contributed by atoms with Crippen molar-refractivity contribution in [3.63, 3.8) is 0 Å². The Bertz CT molecular complexity index is 1380. The maximum atomic E-state index is 13.6. The van der Waals surface area contributed by atoms with Crippen LogP contribution in [0.3, 0.4) is 0 Å². The molecule has 1 aliphatic rings. The molecule has 33 heavy (non-hydrogen) atoms. The average Bonchev–Trinajstić information content (AvgIpc) is 3.37. The summed E-state index contributed by atoms with van der Waals surface area (Å²) in [6.45, 7) is 0.380. The number of hydrogen-bond acceptors (Lipinski definition) is 4. The van der Waals surface area contributed by atoms with E-state index in [9.17, 15) is 18.0 Å². The zero-order chi connectivity index (χ0) is 23.3. The van der Waals surface area contributed by atoms with E-state index in [0.29, 0.717) is 32.5 Å². The predicted octanol–water partition coefficient (Wildman–Crippen LogP) is 5.43. The van der Waals surface area contributed by atoms with Crippen molar-refractivity contribution in [2.45, 2.75) is 31.5 Å². The van der Waals surface area contributed by atoms with Gasteiger partial charge in [-0.2, -0.15) is 23.4 Å². The third kappa shape index (κ3) is 4.40. The van der Waals surface area contributed by atoms with E-state index in [1.807, 2.05) is 0 Å². The van der Waals surface area contributed by atoms with Crippen LogP contribution in [0.4, 0.5) is 18.9 Å². The number of alkyl halides is 3. The van der Waals surface area contributed by atoms with E-state index in [2.05, 4.69) is 20.5 Å². The second-order valence-corrected chi connectivity index (χ2v) is 8.58. The smallest absolute Gasteiger partial charge is 0.319 e. The van der Waals surface area contributed by atoms with Crippen LogP contribution in [-0.4, -0.2) is 30.3 Å².